The summed E-state index contributed by atoms with van der Waals surface area (Å²) < 4.78 is 31.9. The Bertz CT molecular complexity index is 2070. The summed E-state index contributed by atoms with van der Waals surface area (Å²) in [5.74, 6) is 0.643. The SMILES string of the molecule is Cc1nc2c(F)c(-c3cccc(Cl)c3Cl)c(CCC#N)cc2c2c1cc(C1CC(OCC3CCCOC3)CN1C(=O)C1CC1)n2C1C2CNC1C2. The topological polar surface area (TPSA) is 92.4 Å². The summed E-state index contributed by atoms with van der Waals surface area (Å²) in [7, 11) is 0. The Morgan fingerprint density at radius 1 is 1.20 bits per heavy atom. The number of carbonyl (C=O) groups is 1. The quantitative estimate of drug-likeness (QED) is 0.187. The summed E-state index contributed by atoms with van der Waals surface area (Å²) in [6, 6.07) is 12.0. The standard InChI is InChI=1S/C40H42Cl2FN5O3/c1-21-28-16-33(32-15-26(18-47(32)40(49)23-9-10-23)51-20-22-5-4-12-50-19-22)48(38-25-14-31(38)45-17-25)39(28)29-13-24(6-3-11-44)34(36(43)37(29)46-21)27-7-2-8-30(41)35(27)42/h2,7-8,13,16,22-23,25-26,31-32,38,45H,3-6,9-10,12,14-15,17-20H2,1H3. The number of nitrogens with zero attached hydrogens (tertiary/aromatic N) is 4. The van der Waals surface area contributed by atoms with Gasteiger partial charge in [-0.3, -0.25) is 4.79 Å². The van der Waals surface area contributed by atoms with Crippen LogP contribution in [-0.2, 0) is 20.7 Å². The third-order valence-corrected chi connectivity index (χ3v) is 12.9. The van der Waals surface area contributed by atoms with E-state index in [1.807, 2.05) is 13.0 Å². The number of nitrogens with one attached hydrogen (secondary N) is 1. The Kier molecular flexibility index (Phi) is 8.76. The number of pyridine rings is 1. The summed E-state index contributed by atoms with van der Waals surface area (Å²) in [5.41, 5.74) is 4.53. The lowest BCUT2D eigenvalue weighted by molar-refractivity contribution is -0.134. The van der Waals surface area contributed by atoms with Gasteiger partial charge in [-0.15, -0.1) is 0 Å². The predicted molar refractivity (Wildman–Crippen MR) is 195 cm³/mol. The molecule has 6 unspecified atom stereocenters. The number of hydrogen-bond donors (Lipinski definition) is 1. The summed E-state index contributed by atoms with van der Waals surface area (Å²) in [5, 5.41) is 15.6. The highest BCUT2D eigenvalue weighted by molar-refractivity contribution is 6.43. The van der Waals surface area contributed by atoms with Gasteiger partial charge in [-0.1, -0.05) is 35.3 Å². The highest BCUT2D eigenvalue weighted by atomic mass is 35.5. The first-order chi connectivity index (χ1) is 24.8. The fourth-order valence-corrected chi connectivity index (χ4v) is 9.71. The number of benzene rings is 2. The van der Waals surface area contributed by atoms with Crippen LogP contribution in [0.1, 0.15) is 74.0 Å². The van der Waals surface area contributed by atoms with E-state index in [0.717, 1.165) is 74.2 Å². The molecule has 8 nitrogen and oxygen atoms in total. The number of amides is 1. The van der Waals surface area contributed by atoms with Gasteiger partial charge in [0.2, 0.25) is 5.91 Å². The highest BCUT2D eigenvalue weighted by Crippen LogP contribution is 2.51. The number of aryl methyl sites for hydroxylation is 2. The van der Waals surface area contributed by atoms with Crippen molar-refractivity contribution in [3.05, 3.63) is 63.1 Å². The first-order valence-corrected chi connectivity index (χ1v) is 19.3. The van der Waals surface area contributed by atoms with Crippen molar-refractivity contribution in [3.8, 4) is 17.2 Å². The molecule has 2 aromatic carbocycles. The van der Waals surface area contributed by atoms with Gasteiger partial charge in [-0.25, -0.2) is 9.37 Å². The second-order valence-electron chi connectivity index (χ2n) is 15.3. The van der Waals surface area contributed by atoms with E-state index in [4.69, 9.17) is 37.7 Å². The Hall–Kier alpha value is -3.26. The number of hydrogen-bond acceptors (Lipinski definition) is 6. The van der Waals surface area contributed by atoms with Gasteiger partial charge < -0.3 is 24.3 Å². The molecule has 2 aliphatic carbocycles. The summed E-state index contributed by atoms with van der Waals surface area (Å²) in [4.78, 5) is 21.0. The Labute approximate surface area is 307 Å². The van der Waals surface area contributed by atoms with Crippen LogP contribution >= 0.6 is 23.2 Å². The molecule has 266 valence electrons. The molecule has 6 atom stereocenters. The fourth-order valence-electron chi connectivity index (χ4n) is 9.32. The highest BCUT2D eigenvalue weighted by Gasteiger charge is 2.51. The molecule has 1 amide bonds. The molecule has 0 radical (unpaired) electrons. The Morgan fingerprint density at radius 3 is 2.78 bits per heavy atom. The number of rotatable bonds is 9. The maximum Gasteiger partial charge on any atom is 0.226 e. The van der Waals surface area contributed by atoms with E-state index in [0.29, 0.717) is 71.0 Å². The molecule has 51 heavy (non-hydrogen) atoms. The first-order valence-electron chi connectivity index (χ1n) is 18.5. The van der Waals surface area contributed by atoms with Crippen LogP contribution in [0.4, 0.5) is 4.39 Å². The van der Waals surface area contributed by atoms with Crippen molar-refractivity contribution in [2.45, 2.75) is 82.5 Å². The molecule has 4 aliphatic heterocycles. The summed E-state index contributed by atoms with van der Waals surface area (Å²) in [6.07, 6.45) is 6.32. The molecular weight excluding hydrogens is 688 g/mol. The maximum absolute atomic E-state index is 17.2. The minimum absolute atomic E-state index is 0.0710. The summed E-state index contributed by atoms with van der Waals surface area (Å²) >= 11 is 13.1. The molecule has 6 fully saturated rings. The van der Waals surface area contributed by atoms with E-state index < -0.39 is 5.82 Å². The van der Waals surface area contributed by atoms with Crippen LogP contribution in [0.15, 0.2) is 30.3 Å². The molecule has 0 spiro atoms. The van der Waals surface area contributed by atoms with Gasteiger partial charge in [0.1, 0.15) is 5.52 Å². The van der Waals surface area contributed by atoms with Gasteiger partial charge in [0.25, 0.3) is 0 Å². The zero-order valence-electron chi connectivity index (χ0n) is 28.8. The normalized spacial score (nSPS) is 27.3. The zero-order chi connectivity index (χ0) is 35.0. The molecule has 2 bridgehead atoms. The minimum Gasteiger partial charge on any atom is -0.381 e. The number of ether oxygens (including phenoxy) is 2. The molecule has 4 aromatic rings. The number of halogens is 3. The van der Waals surface area contributed by atoms with Gasteiger partial charge in [-0.2, -0.15) is 5.26 Å². The van der Waals surface area contributed by atoms with Gasteiger partial charge in [0, 0.05) is 83.7 Å². The van der Waals surface area contributed by atoms with Crippen molar-refractivity contribution in [2.75, 3.05) is 32.9 Å². The Morgan fingerprint density at radius 2 is 2.06 bits per heavy atom. The fraction of sp³-hybridized carbons (Fsp3) is 0.525. The van der Waals surface area contributed by atoms with Crippen molar-refractivity contribution in [1.82, 2.24) is 19.8 Å². The lowest BCUT2D eigenvalue weighted by atomic mass is 9.79. The van der Waals surface area contributed by atoms with Crippen LogP contribution in [0.2, 0.25) is 10.0 Å². The van der Waals surface area contributed by atoms with Crippen molar-refractivity contribution in [2.24, 2.45) is 17.8 Å². The van der Waals surface area contributed by atoms with Gasteiger partial charge in [0.15, 0.2) is 5.82 Å². The average Bonchev–Trinajstić information content (AvgIpc) is 3.43. The lowest BCUT2D eigenvalue weighted by Gasteiger charge is -2.39. The molecule has 11 heteroatoms. The minimum atomic E-state index is -0.467. The largest absolute Gasteiger partial charge is 0.381 e. The van der Waals surface area contributed by atoms with Crippen LogP contribution in [0.3, 0.4) is 0 Å². The third kappa shape index (κ3) is 5.73. The van der Waals surface area contributed by atoms with Crippen LogP contribution in [0.25, 0.3) is 32.9 Å². The smallest absolute Gasteiger partial charge is 0.226 e. The van der Waals surface area contributed by atoms with E-state index in [1.54, 1.807) is 18.2 Å². The van der Waals surface area contributed by atoms with Crippen LogP contribution in [0.5, 0.6) is 0 Å². The molecule has 2 saturated carbocycles. The van der Waals surface area contributed by atoms with Gasteiger partial charge in [0.05, 0.1) is 53.0 Å². The maximum atomic E-state index is 17.2. The second-order valence-corrected chi connectivity index (χ2v) is 16.1. The molecular formula is C40H42Cl2FN5O3. The lowest BCUT2D eigenvalue weighted by Crippen LogP contribution is -2.41. The average molecular weight is 731 g/mol. The molecule has 6 heterocycles. The van der Waals surface area contributed by atoms with Gasteiger partial charge in [-0.05, 0) is 75.1 Å². The monoisotopic (exact) mass is 729 g/mol. The number of likely N-dealkylation sites (tertiary alicyclic amines) is 1. The third-order valence-electron chi connectivity index (χ3n) is 12.1. The van der Waals surface area contributed by atoms with Crippen LogP contribution in [-0.4, -0.2) is 65.4 Å². The molecule has 6 aliphatic rings. The first kappa shape index (κ1) is 33.6. The molecule has 10 rings (SSSR count). The van der Waals surface area contributed by atoms with Crippen molar-refractivity contribution in [1.29, 1.82) is 5.26 Å². The molecule has 4 saturated heterocycles. The van der Waals surface area contributed by atoms with Crippen molar-refractivity contribution < 1.29 is 18.7 Å². The van der Waals surface area contributed by atoms with Crippen molar-refractivity contribution in [3.63, 3.8) is 0 Å². The predicted octanol–water partition coefficient (Wildman–Crippen LogP) is 8.10. The van der Waals surface area contributed by atoms with E-state index >= 15 is 4.39 Å². The Balaban J connectivity index is 1.22. The van der Waals surface area contributed by atoms with E-state index in [2.05, 4.69) is 26.9 Å². The zero-order valence-corrected chi connectivity index (χ0v) is 30.3. The second kappa shape index (κ2) is 13.3. The van der Waals surface area contributed by atoms with E-state index in [-0.39, 0.29) is 47.0 Å². The number of fused-ring (bicyclic) bond motifs is 4. The number of nitriles is 1. The number of carbonyl (C=O) groups excluding carboxylic acids is 1. The summed E-state index contributed by atoms with van der Waals surface area (Å²) in [6.45, 7) is 5.62. The molecule has 1 N–H and O–H groups in total. The van der Waals surface area contributed by atoms with E-state index in [1.165, 1.54) is 0 Å². The van der Waals surface area contributed by atoms with Crippen LogP contribution < -0.4 is 5.32 Å². The number of aromatic nitrogens is 2. The van der Waals surface area contributed by atoms with Gasteiger partial charge >= 0.3 is 0 Å². The molecule has 2 aromatic heterocycles. The van der Waals surface area contributed by atoms with Crippen LogP contribution in [0, 0.1) is 41.8 Å². The van der Waals surface area contributed by atoms with Crippen molar-refractivity contribution >= 4 is 50.9 Å². The van der Waals surface area contributed by atoms with E-state index in [9.17, 15) is 10.1 Å².